The van der Waals surface area contributed by atoms with Crippen LogP contribution in [0.4, 0.5) is 5.82 Å². The molecule has 0 bridgehead atoms. The molecule has 114 valence electrons. The Balaban J connectivity index is 1.53. The predicted octanol–water partition coefficient (Wildman–Crippen LogP) is -0.450. The van der Waals surface area contributed by atoms with Crippen molar-refractivity contribution in [1.82, 2.24) is 20.8 Å². The van der Waals surface area contributed by atoms with Gasteiger partial charge in [-0.25, -0.2) is 0 Å². The highest BCUT2D eigenvalue weighted by Gasteiger charge is 2.27. The van der Waals surface area contributed by atoms with E-state index in [1.807, 2.05) is 12.1 Å². The number of amides is 1. The van der Waals surface area contributed by atoms with Crippen molar-refractivity contribution >= 4 is 11.7 Å². The van der Waals surface area contributed by atoms with E-state index < -0.39 is 0 Å². The Kier molecular flexibility index (Phi) is 4.62. The van der Waals surface area contributed by atoms with E-state index in [0.717, 1.165) is 31.7 Å². The summed E-state index contributed by atoms with van der Waals surface area (Å²) in [6, 6.07) is 3.91. The lowest BCUT2D eigenvalue weighted by Gasteiger charge is -2.27. The Morgan fingerprint density at radius 2 is 2.52 bits per heavy atom. The maximum Gasteiger partial charge on any atom is 0.239 e. The second-order valence-electron chi connectivity index (χ2n) is 5.40. The van der Waals surface area contributed by atoms with Crippen LogP contribution in [0.1, 0.15) is 12.8 Å². The van der Waals surface area contributed by atoms with Crippen LogP contribution in [-0.2, 0) is 9.53 Å². The van der Waals surface area contributed by atoms with Gasteiger partial charge in [-0.3, -0.25) is 4.79 Å². The third-order valence-corrected chi connectivity index (χ3v) is 3.98. The van der Waals surface area contributed by atoms with Crippen molar-refractivity contribution < 1.29 is 9.53 Å². The third kappa shape index (κ3) is 3.48. The van der Waals surface area contributed by atoms with E-state index >= 15 is 0 Å². The molecule has 21 heavy (non-hydrogen) atoms. The second-order valence-corrected chi connectivity index (χ2v) is 5.40. The van der Waals surface area contributed by atoms with E-state index in [1.54, 1.807) is 6.20 Å². The van der Waals surface area contributed by atoms with Gasteiger partial charge in [0, 0.05) is 31.9 Å². The number of carbonyl (C=O) groups excluding carboxylic acids is 1. The molecule has 2 aliphatic heterocycles. The fraction of sp³-hybridized carbons (Fsp3) is 0.643. The maximum atomic E-state index is 12.1. The van der Waals surface area contributed by atoms with E-state index in [0.29, 0.717) is 19.8 Å². The molecule has 2 saturated heterocycles. The molecule has 2 aliphatic rings. The van der Waals surface area contributed by atoms with Crippen LogP contribution in [0, 0.1) is 0 Å². The number of rotatable bonds is 4. The largest absolute Gasteiger partial charge is 0.378 e. The zero-order chi connectivity index (χ0) is 14.5. The minimum atomic E-state index is -0.231. The molecule has 2 fully saturated rings. The molecule has 1 amide bonds. The highest BCUT2D eigenvalue weighted by molar-refractivity contribution is 5.82. The minimum Gasteiger partial charge on any atom is -0.378 e. The summed E-state index contributed by atoms with van der Waals surface area (Å²) in [5.41, 5.74) is 0. The fourth-order valence-electron chi connectivity index (χ4n) is 2.87. The number of anilines is 1. The molecular weight excluding hydrogens is 270 g/mol. The molecule has 7 heteroatoms. The van der Waals surface area contributed by atoms with Crippen molar-refractivity contribution in [3.63, 3.8) is 0 Å². The lowest BCUT2D eigenvalue weighted by atomic mass is 10.2. The molecule has 7 nitrogen and oxygen atoms in total. The fourth-order valence-corrected chi connectivity index (χ4v) is 2.87. The molecule has 0 saturated carbocycles. The molecule has 2 N–H and O–H groups in total. The summed E-state index contributed by atoms with van der Waals surface area (Å²) in [4.78, 5) is 14.3. The first-order chi connectivity index (χ1) is 10.3. The van der Waals surface area contributed by atoms with Gasteiger partial charge < -0.3 is 20.3 Å². The van der Waals surface area contributed by atoms with Gasteiger partial charge in [-0.05, 0) is 25.0 Å². The third-order valence-electron chi connectivity index (χ3n) is 3.98. The molecular formula is C14H21N5O2. The van der Waals surface area contributed by atoms with Gasteiger partial charge in [0.25, 0.3) is 0 Å². The van der Waals surface area contributed by atoms with Crippen LogP contribution in [0.15, 0.2) is 18.3 Å². The monoisotopic (exact) mass is 291 g/mol. The molecule has 0 spiro atoms. The van der Waals surface area contributed by atoms with Crippen molar-refractivity contribution in [3.05, 3.63) is 18.3 Å². The molecule has 1 aromatic heterocycles. The Bertz CT molecular complexity index is 464. The molecule has 0 aromatic carbocycles. The van der Waals surface area contributed by atoms with Crippen molar-refractivity contribution in [2.24, 2.45) is 0 Å². The summed E-state index contributed by atoms with van der Waals surface area (Å²) < 4.78 is 5.31. The van der Waals surface area contributed by atoms with Gasteiger partial charge in [-0.2, -0.15) is 5.10 Å². The summed E-state index contributed by atoms with van der Waals surface area (Å²) in [5.74, 6) is 0.897. The molecule has 2 unspecified atom stereocenters. The van der Waals surface area contributed by atoms with Crippen molar-refractivity contribution in [2.75, 3.05) is 37.7 Å². The number of aromatic nitrogens is 2. The first kappa shape index (κ1) is 14.2. The summed E-state index contributed by atoms with van der Waals surface area (Å²) in [6.07, 6.45) is 3.85. The number of ether oxygens (including phenoxy) is 1. The summed E-state index contributed by atoms with van der Waals surface area (Å²) in [7, 11) is 0. The van der Waals surface area contributed by atoms with Crippen LogP contribution in [-0.4, -0.2) is 61.0 Å². The Morgan fingerprint density at radius 3 is 3.29 bits per heavy atom. The predicted molar refractivity (Wildman–Crippen MR) is 78.0 cm³/mol. The van der Waals surface area contributed by atoms with Gasteiger partial charge >= 0.3 is 0 Å². The zero-order valence-corrected chi connectivity index (χ0v) is 12.0. The van der Waals surface area contributed by atoms with E-state index in [9.17, 15) is 4.79 Å². The number of carbonyl (C=O) groups is 1. The van der Waals surface area contributed by atoms with Crippen LogP contribution in [0.25, 0.3) is 0 Å². The minimum absolute atomic E-state index is 0.0145. The number of hydrogen-bond donors (Lipinski definition) is 2. The van der Waals surface area contributed by atoms with E-state index in [-0.39, 0.29) is 18.0 Å². The Labute approximate surface area is 124 Å². The van der Waals surface area contributed by atoms with E-state index in [4.69, 9.17) is 4.74 Å². The quantitative estimate of drug-likeness (QED) is 0.782. The summed E-state index contributed by atoms with van der Waals surface area (Å²) >= 11 is 0. The standard InChI is InChI=1S/C14H21N5O2/c20-14(12-10-21-8-6-15-12)16-9-11-3-2-7-19(11)13-4-1-5-17-18-13/h1,4-5,11-12,15H,2-3,6-10H2,(H,16,20). The van der Waals surface area contributed by atoms with Gasteiger partial charge in [-0.1, -0.05) is 0 Å². The van der Waals surface area contributed by atoms with Crippen molar-refractivity contribution in [1.29, 1.82) is 0 Å². The number of nitrogens with zero attached hydrogens (tertiary/aromatic N) is 3. The number of nitrogens with one attached hydrogen (secondary N) is 2. The van der Waals surface area contributed by atoms with Crippen LogP contribution in [0.3, 0.4) is 0 Å². The topological polar surface area (TPSA) is 79.4 Å². The normalized spacial score (nSPS) is 25.8. The Morgan fingerprint density at radius 1 is 1.57 bits per heavy atom. The maximum absolute atomic E-state index is 12.1. The smallest absolute Gasteiger partial charge is 0.239 e. The van der Waals surface area contributed by atoms with Gasteiger partial charge in [0.15, 0.2) is 5.82 Å². The van der Waals surface area contributed by atoms with E-state index in [1.165, 1.54) is 0 Å². The van der Waals surface area contributed by atoms with Gasteiger partial charge in [0.05, 0.1) is 13.2 Å². The Hall–Kier alpha value is -1.73. The first-order valence-corrected chi connectivity index (χ1v) is 7.48. The van der Waals surface area contributed by atoms with Crippen LogP contribution in [0.5, 0.6) is 0 Å². The van der Waals surface area contributed by atoms with Crippen LogP contribution in [0.2, 0.25) is 0 Å². The van der Waals surface area contributed by atoms with Gasteiger partial charge in [-0.15, -0.1) is 5.10 Å². The van der Waals surface area contributed by atoms with Crippen LogP contribution >= 0.6 is 0 Å². The first-order valence-electron chi connectivity index (χ1n) is 7.48. The highest BCUT2D eigenvalue weighted by Crippen LogP contribution is 2.22. The van der Waals surface area contributed by atoms with Crippen molar-refractivity contribution in [2.45, 2.75) is 24.9 Å². The lowest BCUT2D eigenvalue weighted by molar-refractivity contribution is -0.125. The summed E-state index contributed by atoms with van der Waals surface area (Å²) in [5, 5.41) is 14.3. The molecule has 3 rings (SSSR count). The lowest BCUT2D eigenvalue weighted by Crippen LogP contribution is -2.53. The number of hydrogen-bond acceptors (Lipinski definition) is 6. The van der Waals surface area contributed by atoms with E-state index in [2.05, 4.69) is 25.7 Å². The number of morpholine rings is 1. The molecule has 0 radical (unpaired) electrons. The van der Waals surface area contributed by atoms with Crippen molar-refractivity contribution in [3.8, 4) is 0 Å². The average Bonchev–Trinajstić information content (AvgIpc) is 3.03. The van der Waals surface area contributed by atoms with Crippen LogP contribution < -0.4 is 15.5 Å². The van der Waals surface area contributed by atoms with Gasteiger partial charge in [0.1, 0.15) is 6.04 Å². The second kappa shape index (κ2) is 6.82. The summed E-state index contributed by atoms with van der Waals surface area (Å²) in [6.45, 7) is 3.45. The molecule has 0 aliphatic carbocycles. The molecule has 3 heterocycles. The average molecular weight is 291 g/mol. The highest BCUT2D eigenvalue weighted by atomic mass is 16.5. The van der Waals surface area contributed by atoms with Gasteiger partial charge in [0.2, 0.25) is 5.91 Å². The molecule has 1 aromatic rings. The zero-order valence-electron chi connectivity index (χ0n) is 12.0. The SMILES string of the molecule is O=C(NCC1CCCN1c1cccnn1)C1COCCN1. The molecule has 2 atom stereocenters.